The lowest BCUT2D eigenvalue weighted by Crippen LogP contribution is -2.21. The van der Waals surface area contributed by atoms with Gasteiger partial charge in [-0.25, -0.2) is 17.6 Å². The van der Waals surface area contributed by atoms with E-state index >= 15 is 0 Å². The summed E-state index contributed by atoms with van der Waals surface area (Å²) in [6.07, 6.45) is -6.06. The zero-order valence-electron chi connectivity index (χ0n) is 19.1. The van der Waals surface area contributed by atoms with Crippen molar-refractivity contribution in [2.24, 2.45) is 0 Å². The van der Waals surface area contributed by atoms with Gasteiger partial charge in [-0.15, -0.1) is 0 Å². The number of halogens is 4. The number of nitrogens with zero attached hydrogens (tertiary/aromatic N) is 2. The summed E-state index contributed by atoms with van der Waals surface area (Å²) in [5, 5.41) is 5.92. The number of rotatable bonds is 12. The summed E-state index contributed by atoms with van der Waals surface area (Å²) in [5.74, 6) is 1.12. The average molecular weight is 495 g/mol. The minimum Gasteiger partial charge on any atom is -0.490 e. The van der Waals surface area contributed by atoms with Crippen molar-refractivity contribution in [3.8, 4) is 17.2 Å². The number of anilines is 1. The van der Waals surface area contributed by atoms with Gasteiger partial charge in [0.05, 0.1) is 13.2 Å². The van der Waals surface area contributed by atoms with Crippen LogP contribution >= 0.6 is 0 Å². The van der Waals surface area contributed by atoms with Crippen LogP contribution in [-0.4, -0.2) is 28.9 Å². The lowest BCUT2D eigenvalue weighted by atomic mass is 10.2. The van der Waals surface area contributed by atoms with Gasteiger partial charge in [-0.05, 0) is 61.9 Å². The highest BCUT2D eigenvalue weighted by molar-refractivity contribution is 5.90. The highest BCUT2D eigenvalue weighted by Crippen LogP contribution is 2.29. The fraction of sp³-hybridized carbons (Fsp3) is 0.333. The van der Waals surface area contributed by atoms with E-state index in [4.69, 9.17) is 14.2 Å². The summed E-state index contributed by atoms with van der Waals surface area (Å²) in [6, 6.07) is 12.5. The van der Waals surface area contributed by atoms with E-state index in [0.717, 1.165) is 5.56 Å². The zero-order valence-corrected chi connectivity index (χ0v) is 19.1. The molecule has 1 heterocycles. The average Bonchev–Trinajstić information content (AvgIpc) is 3.25. The number of alkyl halides is 4. The molecule has 2 aromatic carbocycles. The monoisotopic (exact) mass is 495 g/mol. The normalized spacial score (nSPS) is 11.1. The Morgan fingerprint density at radius 1 is 0.914 bits per heavy atom. The SMILES string of the molecule is CCOc1ccc(COc2ccc(NC(=O)Cn3nc(C(F)F)cc3C(F)F)cc2)cc1OCC. The van der Waals surface area contributed by atoms with Crippen molar-refractivity contribution in [1.82, 2.24) is 9.78 Å². The molecule has 0 saturated carbocycles. The Hall–Kier alpha value is -3.76. The second-order valence-electron chi connectivity index (χ2n) is 7.26. The van der Waals surface area contributed by atoms with Crippen molar-refractivity contribution in [3.05, 3.63) is 65.5 Å². The molecule has 3 rings (SSSR count). The molecule has 35 heavy (non-hydrogen) atoms. The van der Waals surface area contributed by atoms with Crippen molar-refractivity contribution < 1.29 is 36.6 Å². The summed E-state index contributed by atoms with van der Waals surface area (Å²) in [6.45, 7) is 4.41. The summed E-state index contributed by atoms with van der Waals surface area (Å²) in [5.41, 5.74) is -0.315. The molecule has 1 N–H and O–H groups in total. The minimum absolute atomic E-state index is 0.264. The van der Waals surface area contributed by atoms with Crippen LogP contribution < -0.4 is 19.5 Å². The summed E-state index contributed by atoms with van der Waals surface area (Å²) >= 11 is 0. The number of hydrogen-bond donors (Lipinski definition) is 1. The molecule has 0 atom stereocenters. The molecule has 0 radical (unpaired) electrons. The number of ether oxygens (including phenoxy) is 3. The highest BCUT2D eigenvalue weighted by Gasteiger charge is 2.22. The standard InChI is InChI=1S/C24H25F4N3O4/c1-3-33-20-10-5-15(11-21(20)34-4-2)14-35-17-8-6-16(7-9-17)29-22(32)13-31-19(24(27)28)12-18(30-31)23(25)26/h5-12,23-24H,3-4,13-14H2,1-2H3,(H,29,32). The maximum absolute atomic E-state index is 13.1. The molecule has 0 unspecified atom stereocenters. The first-order valence-electron chi connectivity index (χ1n) is 10.9. The number of amides is 1. The topological polar surface area (TPSA) is 74.6 Å². The summed E-state index contributed by atoms with van der Waals surface area (Å²) in [7, 11) is 0. The van der Waals surface area contributed by atoms with Crippen molar-refractivity contribution >= 4 is 11.6 Å². The van der Waals surface area contributed by atoms with Gasteiger partial charge in [0.2, 0.25) is 5.91 Å². The smallest absolute Gasteiger partial charge is 0.282 e. The number of carbonyl (C=O) groups excluding carboxylic acids is 1. The molecule has 3 aromatic rings. The summed E-state index contributed by atoms with van der Waals surface area (Å²) in [4.78, 5) is 12.2. The van der Waals surface area contributed by atoms with E-state index in [-0.39, 0.29) is 6.61 Å². The van der Waals surface area contributed by atoms with Crippen molar-refractivity contribution in [1.29, 1.82) is 0 Å². The zero-order chi connectivity index (χ0) is 25.4. The minimum atomic E-state index is -3.04. The van der Waals surface area contributed by atoms with Crippen molar-refractivity contribution in [2.45, 2.75) is 39.9 Å². The predicted molar refractivity (Wildman–Crippen MR) is 120 cm³/mol. The number of benzene rings is 2. The Kier molecular flexibility index (Phi) is 8.93. The maximum atomic E-state index is 13.1. The largest absolute Gasteiger partial charge is 0.490 e. The fourth-order valence-corrected chi connectivity index (χ4v) is 3.18. The second-order valence-corrected chi connectivity index (χ2v) is 7.26. The second kappa shape index (κ2) is 12.1. The molecule has 0 aliphatic rings. The number of hydrogen-bond acceptors (Lipinski definition) is 5. The summed E-state index contributed by atoms with van der Waals surface area (Å²) < 4.78 is 69.2. The van der Waals surface area contributed by atoms with Crippen LogP contribution in [0.5, 0.6) is 17.2 Å². The van der Waals surface area contributed by atoms with Gasteiger partial charge in [0.15, 0.2) is 11.5 Å². The van der Waals surface area contributed by atoms with Gasteiger partial charge in [-0.1, -0.05) is 6.07 Å². The molecule has 0 aliphatic heterocycles. The number of nitrogens with one attached hydrogen (secondary N) is 1. The third kappa shape index (κ3) is 7.11. The number of aromatic nitrogens is 2. The van der Waals surface area contributed by atoms with Crippen LogP contribution in [0.2, 0.25) is 0 Å². The molecule has 0 aliphatic carbocycles. The Morgan fingerprint density at radius 3 is 2.23 bits per heavy atom. The van der Waals surface area contributed by atoms with E-state index in [1.54, 1.807) is 24.3 Å². The van der Waals surface area contributed by atoms with Crippen LogP contribution in [0.25, 0.3) is 0 Å². The first-order chi connectivity index (χ1) is 16.8. The molecule has 188 valence electrons. The van der Waals surface area contributed by atoms with Gasteiger partial charge in [-0.2, -0.15) is 5.10 Å². The van der Waals surface area contributed by atoms with Crippen LogP contribution in [0.3, 0.4) is 0 Å². The Morgan fingerprint density at radius 2 is 1.60 bits per heavy atom. The third-order valence-electron chi connectivity index (χ3n) is 4.72. The van der Waals surface area contributed by atoms with Gasteiger partial charge < -0.3 is 19.5 Å². The van der Waals surface area contributed by atoms with Gasteiger partial charge in [0, 0.05) is 5.69 Å². The van der Waals surface area contributed by atoms with Gasteiger partial charge >= 0.3 is 0 Å². The molecular weight excluding hydrogens is 470 g/mol. The molecule has 11 heteroatoms. The molecule has 0 saturated heterocycles. The molecule has 7 nitrogen and oxygen atoms in total. The highest BCUT2D eigenvalue weighted by atomic mass is 19.3. The molecular formula is C24H25F4N3O4. The van der Waals surface area contributed by atoms with Gasteiger partial charge in [-0.3, -0.25) is 9.48 Å². The van der Waals surface area contributed by atoms with Gasteiger partial charge in [0.1, 0.15) is 30.3 Å². The van der Waals surface area contributed by atoms with E-state index in [2.05, 4.69) is 10.4 Å². The van der Waals surface area contributed by atoms with E-state index in [9.17, 15) is 22.4 Å². The Labute approximate surface area is 199 Å². The van der Waals surface area contributed by atoms with Gasteiger partial charge in [0.25, 0.3) is 12.9 Å². The molecule has 0 spiro atoms. The first kappa shape index (κ1) is 25.9. The Balaban J connectivity index is 1.58. The van der Waals surface area contributed by atoms with E-state index in [1.165, 1.54) is 0 Å². The molecule has 1 aromatic heterocycles. The molecule has 0 bridgehead atoms. The van der Waals surface area contributed by atoms with Crippen LogP contribution in [0.1, 0.15) is 43.6 Å². The predicted octanol–water partition coefficient (Wildman–Crippen LogP) is 5.77. The first-order valence-corrected chi connectivity index (χ1v) is 10.9. The lowest BCUT2D eigenvalue weighted by Gasteiger charge is -2.13. The van der Waals surface area contributed by atoms with Crippen LogP contribution in [0, 0.1) is 0 Å². The molecule has 1 amide bonds. The van der Waals surface area contributed by atoms with Crippen molar-refractivity contribution in [3.63, 3.8) is 0 Å². The van der Waals surface area contributed by atoms with Crippen LogP contribution in [0.15, 0.2) is 48.5 Å². The fourth-order valence-electron chi connectivity index (χ4n) is 3.18. The Bertz CT molecular complexity index is 1120. The van der Waals surface area contributed by atoms with E-state index in [1.807, 2.05) is 32.0 Å². The lowest BCUT2D eigenvalue weighted by molar-refractivity contribution is -0.117. The van der Waals surface area contributed by atoms with Crippen LogP contribution in [-0.2, 0) is 17.9 Å². The van der Waals surface area contributed by atoms with E-state index < -0.39 is 36.7 Å². The quantitative estimate of drug-likeness (QED) is 0.323. The maximum Gasteiger partial charge on any atom is 0.282 e. The van der Waals surface area contributed by atoms with Crippen molar-refractivity contribution in [2.75, 3.05) is 18.5 Å². The molecule has 0 fully saturated rings. The van der Waals surface area contributed by atoms with E-state index in [0.29, 0.717) is 46.9 Å². The third-order valence-corrected chi connectivity index (χ3v) is 4.72. The van der Waals surface area contributed by atoms with Crippen LogP contribution in [0.4, 0.5) is 23.2 Å². The number of carbonyl (C=O) groups is 1.